The van der Waals surface area contributed by atoms with Crippen molar-refractivity contribution in [3.8, 4) is 0 Å². The highest BCUT2D eigenvalue weighted by molar-refractivity contribution is 4.90. The third-order valence-electron chi connectivity index (χ3n) is 1.54. The molecule has 0 spiro atoms. The number of allylic oxidation sites excluding steroid dienone is 1. The van der Waals surface area contributed by atoms with Crippen LogP contribution in [0, 0.1) is 5.92 Å². The van der Waals surface area contributed by atoms with E-state index in [-0.39, 0.29) is 0 Å². The monoisotopic (exact) mass is 134 g/mol. The molecule has 0 amide bonds. The van der Waals surface area contributed by atoms with E-state index in [1.807, 2.05) is 0 Å². The van der Waals surface area contributed by atoms with Gasteiger partial charge in [-0.15, -0.1) is 0 Å². The molecule has 0 saturated heterocycles. The molecule has 0 N–H and O–H groups in total. The van der Waals surface area contributed by atoms with Crippen molar-refractivity contribution in [2.24, 2.45) is 5.92 Å². The van der Waals surface area contributed by atoms with Crippen molar-refractivity contribution in [2.75, 3.05) is 0 Å². The van der Waals surface area contributed by atoms with Gasteiger partial charge in [0, 0.05) is 5.92 Å². The maximum Gasteiger partial charge on any atom is 0.268 e. The second-order valence-electron chi connectivity index (χ2n) is 2.19. The first kappa shape index (κ1) is 8.60. The van der Waals surface area contributed by atoms with Crippen molar-refractivity contribution in [2.45, 2.75) is 26.2 Å². The lowest BCUT2D eigenvalue weighted by Gasteiger charge is -2.17. The smallest absolute Gasteiger partial charge is 0.202 e. The second-order valence-corrected chi connectivity index (χ2v) is 2.19. The fourth-order valence-electron chi connectivity index (χ4n) is 0.473. The first-order valence-corrected chi connectivity index (χ1v) is 3.06. The number of hydrogen-bond donors (Lipinski definition) is 0. The van der Waals surface area contributed by atoms with E-state index in [0.29, 0.717) is 12.5 Å². The standard InChI is InChI=1S/C7H12F2/c1-4-6(3)7(8,9)5-2/h5-6H,2,4H2,1,3H3/t6-/m1/s1. The van der Waals surface area contributed by atoms with Gasteiger partial charge in [0.15, 0.2) is 0 Å². The Kier molecular flexibility index (Phi) is 2.82. The van der Waals surface area contributed by atoms with Crippen LogP contribution < -0.4 is 0 Å². The number of alkyl halides is 2. The Morgan fingerprint density at radius 3 is 2.22 bits per heavy atom. The van der Waals surface area contributed by atoms with Crippen molar-refractivity contribution < 1.29 is 8.78 Å². The van der Waals surface area contributed by atoms with Gasteiger partial charge in [-0.1, -0.05) is 20.4 Å². The summed E-state index contributed by atoms with van der Waals surface area (Å²) < 4.78 is 24.9. The highest BCUT2D eigenvalue weighted by atomic mass is 19.3. The summed E-state index contributed by atoms with van der Waals surface area (Å²) >= 11 is 0. The summed E-state index contributed by atoms with van der Waals surface area (Å²) in [5, 5.41) is 0. The van der Waals surface area contributed by atoms with Crippen LogP contribution in [0.4, 0.5) is 8.78 Å². The van der Waals surface area contributed by atoms with Crippen molar-refractivity contribution in [1.29, 1.82) is 0 Å². The van der Waals surface area contributed by atoms with Gasteiger partial charge in [-0.2, -0.15) is 0 Å². The normalized spacial score (nSPS) is 15.1. The molecule has 0 fully saturated rings. The van der Waals surface area contributed by atoms with Crippen LogP contribution in [0.2, 0.25) is 0 Å². The molecule has 0 aliphatic heterocycles. The molecule has 0 aliphatic carbocycles. The Labute approximate surface area is 54.6 Å². The quantitative estimate of drug-likeness (QED) is 0.520. The van der Waals surface area contributed by atoms with Gasteiger partial charge in [-0.25, -0.2) is 8.78 Å². The lowest BCUT2D eigenvalue weighted by molar-refractivity contribution is -0.00243. The summed E-state index contributed by atoms with van der Waals surface area (Å²) in [6, 6.07) is 0. The molecule has 54 valence electrons. The van der Waals surface area contributed by atoms with Gasteiger partial charge in [0.25, 0.3) is 5.92 Å². The molecule has 2 heteroatoms. The Morgan fingerprint density at radius 1 is 1.67 bits per heavy atom. The van der Waals surface area contributed by atoms with E-state index in [1.54, 1.807) is 6.92 Å². The van der Waals surface area contributed by atoms with Crippen molar-refractivity contribution >= 4 is 0 Å². The summed E-state index contributed by atoms with van der Waals surface area (Å²) in [5.74, 6) is -3.27. The summed E-state index contributed by atoms with van der Waals surface area (Å²) in [4.78, 5) is 0. The zero-order valence-corrected chi connectivity index (χ0v) is 5.82. The Balaban J connectivity index is 3.95. The average molecular weight is 134 g/mol. The van der Waals surface area contributed by atoms with E-state index in [9.17, 15) is 8.78 Å². The van der Waals surface area contributed by atoms with Gasteiger partial charge in [-0.3, -0.25) is 0 Å². The first-order valence-electron chi connectivity index (χ1n) is 3.06. The van der Waals surface area contributed by atoms with Gasteiger partial charge in [0.2, 0.25) is 0 Å². The largest absolute Gasteiger partial charge is 0.268 e. The zero-order valence-electron chi connectivity index (χ0n) is 5.82. The number of halogens is 2. The van der Waals surface area contributed by atoms with Gasteiger partial charge < -0.3 is 0 Å². The molecule has 0 saturated carbocycles. The van der Waals surface area contributed by atoms with E-state index in [2.05, 4.69) is 6.58 Å². The minimum atomic E-state index is -2.69. The molecule has 0 unspecified atom stereocenters. The zero-order chi connectivity index (χ0) is 7.49. The number of hydrogen-bond acceptors (Lipinski definition) is 0. The van der Waals surface area contributed by atoms with Crippen LogP contribution in [-0.2, 0) is 0 Å². The predicted octanol–water partition coefficient (Wildman–Crippen LogP) is 2.85. The van der Waals surface area contributed by atoms with Crippen LogP contribution in [0.3, 0.4) is 0 Å². The third-order valence-corrected chi connectivity index (χ3v) is 1.54. The molecule has 1 atom stereocenters. The van der Waals surface area contributed by atoms with E-state index in [0.717, 1.165) is 0 Å². The molecule has 0 aliphatic rings. The molecule has 0 aromatic rings. The molecule has 9 heavy (non-hydrogen) atoms. The summed E-state index contributed by atoms with van der Waals surface area (Å²) in [6.07, 6.45) is 1.19. The highest BCUT2D eigenvalue weighted by Gasteiger charge is 2.30. The molecule has 0 bridgehead atoms. The highest BCUT2D eigenvalue weighted by Crippen LogP contribution is 2.27. The minimum absolute atomic E-state index is 0.485. The molecule has 0 radical (unpaired) electrons. The lowest BCUT2D eigenvalue weighted by Crippen LogP contribution is -2.21. The average Bonchev–Trinajstić information content (AvgIpc) is 1.86. The molecule has 0 heterocycles. The Bertz CT molecular complexity index is 97.1. The van der Waals surface area contributed by atoms with Crippen LogP contribution in [-0.4, -0.2) is 5.92 Å². The molecular formula is C7H12F2. The van der Waals surface area contributed by atoms with Gasteiger partial charge in [0.1, 0.15) is 0 Å². The third kappa shape index (κ3) is 2.12. The van der Waals surface area contributed by atoms with Gasteiger partial charge in [-0.05, 0) is 12.5 Å². The van der Waals surface area contributed by atoms with Crippen molar-refractivity contribution in [1.82, 2.24) is 0 Å². The van der Waals surface area contributed by atoms with Crippen LogP contribution in [0.15, 0.2) is 12.7 Å². The molecular weight excluding hydrogens is 122 g/mol. The van der Waals surface area contributed by atoms with E-state index in [4.69, 9.17) is 0 Å². The van der Waals surface area contributed by atoms with Crippen LogP contribution in [0.5, 0.6) is 0 Å². The molecule has 0 rings (SSSR count). The van der Waals surface area contributed by atoms with Crippen molar-refractivity contribution in [3.05, 3.63) is 12.7 Å². The predicted molar refractivity (Wildman–Crippen MR) is 34.6 cm³/mol. The molecule has 0 aromatic heterocycles. The Morgan fingerprint density at radius 2 is 2.11 bits per heavy atom. The van der Waals surface area contributed by atoms with Gasteiger partial charge >= 0.3 is 0 Å². The van der Waals surface area contributed by atoms with Crippen LogP contribution >= 0.6 is 0 Å². The number of rotatable bonds is 3. The summed E-state index contributed by atoms with van der Waals surface area (Å²) in [6.45, 7) is 6.31. The van der Waals surface area contributed by atoms with E-state index >= 15 is 0 Å². The van der Waals surface area contributed by atoms with Gasteiger partial charge in [0.05, 0.1) is 0 Å². The Hall–Kier alpha value is -0.400. The fourth-order valence-corrected chi connectivity index (χ4v) is 0.473. The SMILES string of the molecule is C=CC(F)(F)[C@H](C)CC. The van der Waals surface area contributed by atoms with Crippen LogP contribution in [0.1, 0.15) is 20.3 Å². The summed E-state index contributed by atoms with van der Waals surface area (Å²) in [7, 11) is 0. The second kappa shape index (κ2) is 2.95. The topological polar surface area (TPSA) is 0 Å². The first-order chi connectivity index (χ1) is 4.04. The van der Waals surface area contributed by atoms with Crippen LogP contribution in [0.25, 0.3) is 0 Å². The molecule has 0 nitrogen and oxygen atoms in total. The fraction of sp³-hybridized carbons (Fsp3) is 0.714. The summed E-state index contributed by atoms with van der Waals surface area (Å²) in [5.41, 5.74) is 0. The maximum absolute atomic E-state index is 12.4. The molecule has 0 aromatic carbocycles. The lowest BCUT2D eigenvalue weighted by atomic mass is 10.0. The maximum atomic E-state index is 12.4. The minimum Gasteiger partial charge on any atom is -0.202 e. The van der Waals surface area contributed by atoms with Crippen molar-refractivity contribution in [3.63, 3.8) is 0 Å². The van der Waals surface area contributed by atoms with E-state index < -0.39 is 11.8 Å². The van der Waals surface area contributed by atoms with E-state index in [1.165, 1.54) is 6.92 Å².